The predicted octanol–water partition coefficient (Wildman–Crippen LogP) is 6.93. The molecule has 284 valence electrons. The molecule has 0 saturated heterocycles. The van der Waals surface area contributed by atoms with Gasteiger partial charge in [0.25, 0.3) is 0 Å². The fraction of sp³-hybridized carbons (Fsp3) is 0.435. The van der Waals surface area contributed by atoms with Crippen molar-refractivity contribution in [3.8, 4) is 0 Å². The number of fused-ring (bicyclic) bond motifs is 5. The van der Waals surface area contributed by atoms with Gasteiger partial charge in [-0.15, -0.1) is 16.5 Å². The summed E-state index contributed by atoms with van der Waals surface area (Å²) in [4.78, 5) is 33.3. The number of carbonyl (C=O) groups excluding carboxylic acids is 1. The molecule has 0 fully saturated rings. The molecule has 0 amide bonds. The van der Waals surface area contributed by atoms with Gasteiger partial charge in [-0.05, 0) is 141 Å². The molecule has 1 aromatic rings. The summed E-state index contributed by atoms with van der Waals surface area (Å²) in [5.41, 5.74) is 13.5. The molecule has 0 aromatic carbocycles. The van der Waals surface area contributed by atoms with Gasteiger partial charge in [-0.25, -0.2) is 9.98 Å². The maximum Gasteiger partial charge on any atom is 2.00 e. The van der Waals surface area contributed by atoms with Gasteiger partial charge in [0.05, 0.1) is 34.6 Å². The molecule has 5 heterocycles. The van der Waals surface area contributed by atoms with Crippen LogP contribution in [0.4, 0.5) is 0 Å². The summed E-state index contributed by atoms with van der Waals surface area (Å²) in [6.07, 6.45) is 18.6. The SMILES string of the molecule is CC(C)=CCC/C(C)=C/CC/C(C)=C/COC(=O)CC[C@@H]1C2=C3CC([O-])=C4C=C(C=C5C=C(C)C(=N5)C=c5[n-]c(c(C)c5C(C)O)=C(C)C(=N2)[C@H]1C)N=C43.[Mg+2]. The minimum atomic E-state index is -0.732. The molecule has 1 unspecified atom stereocenters. The zero-order chi connectivity index (χ0) is 38.8. The van der Waals surface area contributed by atoms with Crippen LogP contribution < -0.4 is 20.8 Å². The first kappa shape index (κ1) is 42.1. The van der Waals surface area contributed by atoms with E-state index in [0.717, 1.165) is 81.7 Å². The van der Waals surface area contributed by atoms with E-state index in [1.807, 2.05) is 51.2 Å². The van der Waals surface area contributed by atoms with Crippen LogP contribution in [0.5, 0.6) is 0 Å². The third-order valence-electron chi connectivity index (χ3n) is 11.1. The summed E-state index contributed by atoms with van der Waals surface area (Å²) in [6, 6.07) is 0. The second-order valence-electron chi connectivity index (χ2n) is 15.7. The summed E-state index contributed by atoms with van der Waals surface area (Å²) in [6.45, 7) is 18.7. The van der Waals surface area contributed by atoms with Gasteiger partial charge in [-0.2, -0.15) is 0 Å². The van der Waals surface area contributed by atoms with E-state index in [4.69, 9.17) is 24.7 Å². The molecular weight excluding hydrogens is 697 g/mol. The number of hydrogen-bond donors (Lipinski definition) is 1. The molecule has 0 saturated carbocycles. The zero-order valence-corrected chi connectivity index (χ0v) is 35.5. The van der Waals surface area contributed by atoms with Crippen molar-refractivity contribution >= 4 is 57.8 Å². The number of carbonyl (C=O) groups is 1. The number of aliphatic hydroxyl groups excluding tert-OH is 1. The predicted molar refractivity (Wildman–Crippen MR) is 223 cm³/mol. The number of aliphatic hydroxyl groups is 1. The van der Waals surface area contributed by atoms with Crippen molar-refractivity contribution in [2.45, 2.75) is 113 Å². The van der Waals surface area contributed by atoms with Crippen molar-refractivity contribution in [3.63, 3.8) is 0 Å². The fourth-order valence-electron chi connectivity index (χ4n) is 8.08. The van der Waals surface area contributed by atoms with Crippen molar-refractivity contribution in [2.24, 2.45) is 26.8 Å². The Hall–Kier alpha value is -4.05. The van der Waals surface area contributed by atoms with Gasteiger partial charge in [0.15, 0.2) is 0 Å². The Morgan fingerprint density at radius 2 is 1.65 bits per heavy atom. The number of aromatic nitrogens is 1. The van der Waals surface area contributed by atoms with Gasteiger partial charge in [-0.1, -0.05) is 47.4 Å². The third-order valence-corrected chi connectivity index (χ3v) is 11.1. The van der Waals surface area contributed by atoms with Gasteiger partial charge >= 0.3 is 29.0 Å². The molecule has 6 rings (SSSR count). The first-order chi connectivity index (χ1) is 25.7. The van der Waals surface area contributed by atoms with Gasteiger partial charge in [0.1, 0.15) is 6.61 Å². The second kappa shape index (κ2) is 17.8. The molecule has 0 radical (unpaired) electrons. The van der Waals surface area contributed by atoms with E-state index in [1.165, 1.54) is 16.7 Å². The topological polar surface area (TPSA) is 121 Å². The largest absolute Gasteiger partial charge is 2.00 e. The third kappa shape index (κ3) is 9.33. The van der Waals surface area contributed by atoms with Crippen molar-refractivity contribution in [1.29, 1.82) is 0 Å². The summed E-state index contributed by atoms with van der Waals surface area (Å²) in [5.74, 6) is -0.417. The Bertz CT molecular complexity index is 2240. The summed E-state index contributed by atoms with van der Waals surface area (Å²) in [5, 5.41) is 25.8. The van der Waals surface area contributed by atoms with Crippen LogP contribution >= 0.6 is 0 Å². The number of esters is 1. The number of allylic oxidation sites excluding steroid dienone is 12. The number of aliphatic imine (C=N–C) groups is 3. The van der Waals surface area contributed by atoms with Crippen LogP contribution in [0.15, 0.2) is 108 Å². The molecule has 0 spiro atoms. The average molecular weight is 751 g/mol. The number of rotatable bonds is 12. The van der Waals surface area contributed by atoms with Crippen LogP contribution in [0.25, 0.3) is 11.6 Å². The summed E-state index contributed by atoms with van der Waals surface area (Å²) in [7, 11) is 0. The maximum atomic E-state index is 13.4. The van der Waals surface area contributed by atoms with Crippen molar-refractivity contribution in [1.82, 2.24) is 4.98 Å². The Morgan fingerprint density at radius 1 is 0.964 bits per heavy atom. The molecule has 9 heteroatoms. The van der Waals surface area contributed by atoms with Crippen LogP contribution in [0.2, 0.25) is 0 Å². The molecule has 1 N–H and O–H groups in total. The van der Waals surface area contributed by atoms with E-state index in [9.17, 15) is 15.0 Å². The van der Waals surface area contributed by atoms with Gasteiger partial charge in [-0.3, -0.25) is 9.79 Å². The van der Waals surface area contributed by atoms with Gasteiger partial charge in [0, 0.05) is 29.5 Å². The van der Waals surface area contributed by atoms with E-state index in [1.54, 1.807) is 6.92 Å². The molecule has 8 bridgehead atoms. The molecule has 3 atom stereocenters. The van der Waals surface area contributed by atoms with Gasteiger partial charge in [0.2, 0.25) is 0 Å². The Morgan fingerprint density at radius 3 is 2.36 bits per heavy atom. The number of nitrogens with zero attached hydrogens (tertiary/aromatic N) is 4. The van der Waals surface area contributed by atoms with Gasteiger partial charge < -0.3 is 19.9 Å². The van der Waals surface area contributed by atoms with Crippen molar-refractivity contribution in [3.05, 3.63) is 115 Å². The monoisotopic (exact) mass is 750 g/mol. The first-order valence-corrected chi connectivity index (χ1v) is 19.4. The molecule has 55 heavy (non-hydrogen) atoms. The first-order valence-electron chi connectivity index (χ1n) is 19.4. The van der Waals surface area contributed by atoms with Crippen LogP contribution in [-0.2, 0) is 9.53 Å². The minimum Gasteiger partial charge on any atom is -0.875 e. The molecular formula is C46H54MgN4O4. The molecule has 1 aromatic heterocycles. The Labute approximate surface area is 342 Å². The molecule has 1 aliphatic carbocycles. The van der Waals surface area contributed by atoms with Crippen molar-refractivity contribution in [2.75, 3.05) is 6.61 Å². The van der Waals surface area contributed by atoms with E-state index < -0.39 is 6.10 Å². The Kier molecular flexibility index (Phi) is 13.6. The molecule has 8 nitrogen and oxygen atoms in total. The Balaban J connectivity index is 0.00000580. The van der Waals surface area contributed by atoms with Crippen LogP contribution in [0.1, 0.15) is 118 Å². The quantitative estimate of drug-likeness (QED) is 0.141. The van der Waals surface area contributed by atoms with E-state index in [2.05, 4.69) is 46.8 Å². The van der Waals surface area contributed by atoms with Crippen LogP contribution in [0.3, 0.4) is 0 Å². The zero-order valence-electron chi connectivity index (χ0n) is 34.1. The normalized spacial score (nSPS) is 21.0. The maximum absolute atomic E-state index is 13.4. The number of ether oxygens (including phenoxy) is 1. The van der Waals surface area contributed by atoms with E-state index >= 15 is 0 Å². The van der Waals surface area contributed by atoms with Crippen LogP contribution in [-0.4, -0.2) is 57.9 Å². The standard InChI is InChI=1S/C46H55N4O4.Mg/c1-25(2)12-10-13-26(3)14-11-15-27(4)18-19-54-41(53)17-16-35-29(6)43-31(8)44-30(7)42(32(9)51)39(49-44)24-38-28(5)20-33(47-38)21-34-22-36-40(52)23-37(45(35)50-43)46(36)48-34;/h12,14,18,20-22,24,29,32,35,51H,10-11,13,15-17,19,23H2,1-9H3,(H-,47,48,49,50,52);/q-1;+2/p-1/b26-14+,27-18+;/t29-,32?,35-;/m0./s1. The smallest absolute Gasteiger partial charge is 0.875 e. The second-order valence-corrected chi connectivity index (χ2v) is 15.7. The summed E-state index contributed by atoms with van der Waals surface area (Å²) >= 11 is 0. The summed E-state index contributed by atoms with van der Waals surface area (Å²) < 4.78 is 5.70. The van der Waals surface area contributed by atoms with Crippen molar-refractivity contribution < 1.29 is 19.7 Å². The van der Waals surface area contributed by atoms with Crippen LogP contribution in [0, 0.1) is 18.8 Å². The van der Waals surface area contributed by atoms with E-state index in [0.29, 0.717) is 28.8 Å². The molecule has 4 aliphatic heterocycles. The fourth-order valence-corrected chi connectivity index (χ4v) is 8.08. The minimum absolute atomic E-state index is 0. The average Bonchev–Trinajstić information content (AvgIpc) is 3.89. The van der Waals surface area contributed by atoms with E-state index in [-0.39, 0.29) is 66.1 Å². The molecule has 5 aliphatic rings. The number of hydrogen-bond acceptors (Lipinski definition) is 7.